The van der Waals surface area contributed by atoms with Crippen molar-refractivity contribution in [3.63, 3.8) is 0 Å². The molecule has 0 aliphatic heterocycles. The molecule has 112 valence electrons. The molecule has 1 aliphatic rings. The van der Waals surface area contributed by atoms with Gasteiger partial charge in [0.25, 0.3) is 5.69 Å². The number of nitrogens with one attached hydrogen (secondary N) is 2. The lowest BCUT2D eigenvalue weighted by Crippen LogP contribution is -2.42. The summed E-state index contributed by atoms with van der Waals surface area (Å²) in [5.74, 6) is 0.698. The average Bonchev–Trinajstić information content (AvgIpc) is 2.98. The summed E-state index contributed by atoms with van der Waals surface area (Å²) in [6.07, 6.45) is 6.25. The van der Waals surface area contributed by atoms with Gasteiger partial charge < -0.3 is 10.6 Å². The Balaban J connectivity index is 2.06. The van der Waals surface area contributed by atoms with E-state index in [2.05, 4.69) is 27.8 Å². The molecular formula is C15H20N4O2. The number of hydrogen-bond donors (Lipinski definition) is 2. The summed E-state index contributed by atoms with van der Waals surface area (Å²) >= 11 is 0. The third-order valence-corrected chi connectivity index (χ3v) is 3.29. The second kappa shape index (κ2) is 7.42. The maximum atomic E-state index is 11.0. The fourth-order valence-electron chi connectivity index (χ4n) is 2.24. The highest BCUT2D eigenvalue weighted by molar-refractivity contribution is 5.80. The number of guanidine groups is 1. The molecule has 0 saturated heterocycles. The molecule has 2 N–H and O–H groups in total. The van der Waals surface area contributed by atoms with Gasteiger partial charge in [0, 0.05) is 18.7 Å². The average molecular weight is 288 g/mol. The summed E-state index contributed by atoms with van der Waals surface area (Å²) in [7, 11) is 0. The first-order chi connectivity index (χ1) is 10.2. The van der Waals surface area contributed by atoms with E-state index in [1.807, 2.05) is 6.92 Å². The summed E-state index contributed by atoms with van der Waals surface area (Å²) in [5, 5.41) is 17.5. The number of rotatable bonds is 5. The summed E-state index contributed by atoms with van der Waals surface area (Å²) in [6, 6.07) is 7.06. The van der Waals surface area contributed by atoms with E-state index in [1.54, 1.807) is 18.2 Å². The van der Waals surface area contributed by atoms with Crippen LogP contribution in [-0.2, 0) is 6.54 Å². The monoisotopic (exact) mass is 288 g/mol. The topological polar surface area (TPSA) is 79.6 Å². The second-order valence-corrected chi connectivity index (χ2v) is 4.87. The van der Waals surface area contributed by atoms with Crippen LogP contribution in [0, 0.1) is 10.1 Å². The van der Waals surface area contributed by atoms with Gasteiger partial charge in [-0.3, -0.25) is 10.1 Å². The fraction of sp³-hybridized carbons (Fsp3) is 0.400. The van der Waals surface area contributed by atoms with Crippen LogP contribution >= 0.6 is 0 Å². The molecule has 1 aliphatic carbocycles. The van der Waals surface area contributed by atoms with Gasteiger partial charge in [-0.2, -0.15) is 0 Å². The van der Waals surface area contributed by atoms with Gasteiger partial charge in [-0.05, 0) is 19.8 Å². The number of nitro benzene ring substituents is 1. The molecule has 0 radical (unpaired) electrons. The minimum Gasteiger partial charge on any atom is -0.357 e. The van der Waals surface area contributed by atoms with Crippen LogP contribution in [0.4, 0.5) is 5.69 Å². The Morgan fingerprint density at radius 1 is 1.38 bits per heavy atom. The molecule has 0 unspecified atom stereocenters. The third kappa shape index (κ3) is 4.30. The molecule has 0 bridgehead atoms. The zero-order chi connectivity index (χ0) is 15.1. The van der Waals surface area contributed by atoms with Crippen LogP contribution in [0.1, 0.15) is 25.3 Å². The Morgan fingerprint density at radius 2 is 2.10 bits per heavy atom. The van der Waals surface area contributed by atoms with E-state index < -0.39 is 0 Å². The molecule has 6 nitrogen and oxygen atoms in total. The summed E-state index contributed by atoms with van der Waals surface area (Å²) in [4.78, 5) is 15.1. The fourth-order valence-corrected chi connectivity index (χ4v) is 2.24. The first-order valence-electron chi connectivity index (χ1n) is 7.13. The second-order valence-electron chi connectivity index (χ2n) is 4.87. The number of nitrogens with zero attached hydrogens (tertiary/aromatic N) is 2. The quantitative estimate of drug-likeness (QED) is 0.286. The molecule has 0 spiro atoms. The standard InChI is InChI=1S/C15H20N4O2/c1-2-16-15(18-13-8-4-5-9-13)17-11-12-7-3-6-10-14(12)19(20)21/h3-7,10,13H,2,8-9,11H2,1H3,(H2,16,17,18). The van der Waals surface area contributed by atoms with Gasteiger partial charge in [0.05, 0.1) is 17.0 Å². The lowest BCUT2D eigenvalue weighted by Gasteiger charge is -2.16. The predicted molar refractivity (Wildman–Crippen MR) is 83.2 cm³/mol. The van der Waals surface area contributed by atoms with Crippen LogP contribution in [-0.4, -0.2) is 23.5 Å². The van der Waals surface area contributed by atoms with Gasteiger partial charge in [-0.1, -0.05) is 30.4 Å². The van der Waals surface area contributed by atoms with Gasteiger partial charge in [-0.25, -0.2) is 4.99 Å². The molecule has 1 aromatic carbocycles. The first kappa shape index (κ1) is 15.0. The number of para-hydroxylation sites is 1. The van der Waals surface area contributed by atoms with Crippen molar-refractivity contribution in [2.45, 2.75) is 32.4 Å². The minimum absolute atomic E-state index is 0.111. The molecule has 0 fully saturated rings. The van der Waals surface area contributed by atoms with E-state index >= 15 is 0 Å². The van der Waals surface area contributed by atoms with Gasteiger partial charge in [-0.15, -0.1) is 0 Å². The van der Waals surface area contributed by atoms with Crippen molar-refractivity contribution in [2.75, 3.05) is 6.54 Å². The molecule has 0 aromatic heterocycles. The van der Waals surface area contributed by atoms with Gasteiger partial charge in [0.1, 0.15) is 0 Å². The molecule has 21 heavy (non-hydrogen) atoms. The molecule has 1 aromatic rings. The van der Waals surface area contributed by atoms with Crippen molar-refractivity contribution in [2.24, 2.45) is 4.99 Å². The largest absolute Gasteiger partial charge is 0.357 e. The Labute approximate surface area is 124 Å². The number of benzene rings is 1. The molecule has 2 rings (SSSR count). The van der Waals surface area contributed by atoms with E-state index in [1.165, 1.54) is 6.07 Å². The van der Waals surface area contributed by atoms with Crippen molar-refractivity contribution < 1.29 is 4.92 Å². The highest BCUT2D eigenvalue weighted by Crippen LogP contribution is 2.18. The summed E-state index contributed by atoms with van der Waals surface area (Å²) < 4.78 is 0. The maximum Gasteiger partial charge on any atom is 0.274 e. The normalized spacial score (nSPS) is 15.2. The Morgan fingerprint density at radius 3 is 2.76 bits per heavy atom. The summed E-state index contributed by atoms with van der Waals surface area (Å²) in [5.41, 5.74) is 0.726. The van der Waals surface area contributed by atoms with Crippen LogP contribution in [0.3, 0.4) is 0 Å². The maximum absolute atomic E-state index is 11.0. The third-order valence-electron chi connectivity index (χ3n) is 3.29. The summed E-state index contributed by atoms with van der Waals surface area (Å²) in [6.45, 7) is 3.03. The zero-order valence-corrected chi connectivity index (χ0v) is 12.1. The van der Waals surface area contributed by atoms with Crippen LogP contribution in [0.2, 0.25) is 0 Å². The first-order valence-corrected chi connectivity index (χ1v) is 7.13. The molecule has 0 saturated carbocycles. The number of hydrogen-bond acceptors (Lipinski definition) is 3. The minimum atomic E-state index is -0.369. The number of aliphatic imine (C=N–C) groups is 1. The lowest BCUT2D eigenvalue weighted by atomic mass is 10.2. The van der Waals surface area contributed by atoms with Crippen LogP contribution in [0.25, 0.3) is 0 Å². The van der Waals surface area contributed by atoms with E-state index in [4.69, 9.17) is 0 Å². The van der Waals surface area contributed by atoms with Crippen molar-refractivity contribution in [1.82, 2.24) is 10.6 Å². The smallest absolute Gasteiger partial charge is 0.274 e. The van der Waals surface area contributed by atoms with Gasteiger partial charge in [0.15, 0.2) is 5.96 Å². The van der Waals surface area contributed by atoms with Gasteiger partial charge >= 0.3 is 0 Å². The highest BCUT2D eigenvalue weighted by Gasteiger charge is 2.14. The van der Waals surface area contributed by atoms with Crippen molar-refractivity contribution in [3.05, 3.63) is 52.1 Å². The van der Waals surface area contributed by atoms with Gasteiger partial charge in [0.2, 0.25) is 0 Å². The number of nitro groups is 1. The molecule has 0 heterocycles. The Bertz CT molecular complexity index is 546. The molecule has 6 heteroatoms. The van der Waals surface area contributed by atoms with E-state index in [0.29, 0.717) is 17.6 Å². The molecular weight excluding hydrogens is 268 g/mol. The van der Waals surface area contributed by atoms with Crippen molar-refractivity contribution in [1.29, 1.82) is 0 Å². The zero-order valence-electron chi connectivity index (χ0n) is 12.1. The van der Waals surface area contributed by atoms with E-state index in [0.717, 1.165) is 19.4 Å². The Hall–Kier alpha value is -2.37. The van der Waals surface area contributed by atoms with Crippen LogP contribution < -0.4 is 10.6 Å². The Kier molecular flexibility index (Phi) is 5.31. The van der Waals surface area contributed by atoms with Crippen LogP contribution in [0.5, 0.6) is 0 Å². The van der Waals surface area contributed by atoms with E-state index in [-0.39, 0.29) is 17.2 Å². The van der Waals surface area contributed by atoms with Crippen LogP contribution in [0.15, 0.2) is 41.4 Å². The highest BCUT2D eigenvalue weighted by atomic mass is 16.6. The van der Waals surface area contributed by atoms with E-state index in [9.17, 15) is 10.1 Å². The lowest BCUT2D eigenvalue weighted by molar-refractivity contribution is -0.385. The van der Waals surface area contributed by atoms with Crippen molar-refractivity contribution >= 4 is 11.6 Å². The molecule has 0 atom stereocenters. The SMILES string of the molecule is CCNC(=NCc1ccccc1[N+](=O)[O-])NC1CC=CC1. The van der Waals surface area contributed by atoms with Crippen molar-refractivity contribution in [3.8, 4) is 0 Å². The predicted octanol–water partition coefficient (Wildman–Crippen LogP) is 2.37. The molecule has 0 amide bonds.